The lowest BCUT2D eigenvalue weighted by Crippen LogP contribution is -2.09. The molecule has 4 heteroatoms. The van der Waals surface area contributed by atoms with Gasteiger partial charge in [-0.3, -0.25) is 14.6 Å². The van der Waals surface area contributed by atoms with Crippen LogP contribution in [0.4, 0.5) is 4.39 Å². The van der Waals surface area contributed by atoms with Crippen molar-refractivity contribution in [3.8, 4) is 0 Å². The fraction of sp³-hybridized carbons (Fsp3) is 0.400. The van der Waals surface area contributed by atoms with Gasteiger partial charge in [-0.2, -0.15) is 0 Å². The molecule has 0 amide bonds. The summed E-state index contributed by atoms with van der Waals surface area (Å²) < 4.78 is 15.7. The summed E-state index contributed by atoms with van der Waals surface area (Å²) >= 11 is 0. The molecule has 0 radical (unpaired) electrons. The zero-order valence-electron chi connectivity index (χ0n) is 11.7. The molecule has 102 valence electrons. The number of H-pyrrole nitrogens is 1. The van der Waals surface area contributed by atoms with Crippen LogP contribution in [0.1, 0.15) is 42.3 Å². The normalized spacial score (nSPS) is 11.3. The highest BCUT2D eigenvalue weighted by Crippen LogP contribution is 2.16. The van der Waals surface area contributed by atoms with Gasteiger partial charge in [-0.1, -0.05) is 12.1 Å². The van der Waals surface area contributed by atoms with E-state index in [0.29, 0.717) is 17.5 Å². The molecule has 0 aliphatic carbocycles. The number of hydrogen-bond donors (Lipinski definition) is 1. The molecule has 0 unspecified atom stereocenters. The molecule has 0 bridgehead atoms. The number of halogens is 1. The first-order chi connectivity index (χ1) is 8.90. The zero-order chi connectivity index (χ0) is 14.2. The van der Waals surface area contributed by atoms with Crippen molar-refractivity contribution in [2.45, 2.75) is 40.2 Å². The van der Waals surface area contributed by atoms with Gasteiger partial charge < -0.3 is 0 Å². The maximum Gasteiger partial charge on any atom is 0.267 e. The molecule has 19 heavy (non-hydrogen) atoms. The first kappa shape index (κ1) is 13.6. The summed E-state index contributed by atoms with van der Waals surface area (Å²) in [6, 6.07) is 5.29. The quantitative estimate of drug-likeness (QED) is 0.906. The minimum absolute atomic E-state index is 0.133. The van der Waals surface area contributed by atoms with E-state index in [1.807, 2.05) is 38.4 Å². The molecule has 2 rings (SSSR count). The number of benzene rings is 1. The second-order valence-electron chi connectivity index (χ2n) is 5.24. The topological polar surface area (TPSA) is 37.8 Å². The summed E-state index contributed by atoms with van der Waals surface area (Å²) in [5.74, 6) is -0.254. The van der Waals surface area contributed by atoms with Gasteiger partial charge in [-0.05, 0) is 44.9 Å². The van der Waals surface area contributed by atoms with Crippen LogP contribution in [0.15, 0.2) is 23.0 Å². The summed E-state index contributed by atoms with van der Waals surface area (Å²) in [5, 5.41) is 2.80. The summed E-state index contributed by atoms with van der Waals surface area (Å²) in [5.41, 5.74) is 2.81. The maximum atomic E-state index is 13.8. The van der Waals surface area contributed by atoms with E-state index in [1.165, 1.54) is 6.07 Å². The molecule has 0 saturated heterocycles. The first-order valence-corrected chi connectivity index (χ1v) is 6.45. The zero-order valence-corrected chi connectivity index (χ0v) is 11.7. The summed E-state index contributed by atoms with van der Waals surface area (Å²) in [7, 11) is 0. The van der Waals surface area contributed by atoms with Gasteiger partial charge in [0.2, 0.25) is 0 Å². The van der Waals surface area contributed by atoms with Crippen molar-refractivity contribution in [3.63, 3.8) is 0 Å². The van der Waals surface area contributed by atoms with Crippen LogP contribution in [-0.2, 0) is 6.42 Å². The van der Waals surface area contributed by atoms with Crippen molar-refractivity contribution in [2.75, 3.05) is 0 Å². The second kappa shape index (κ2) is 5.03. The SMILES string of the molecule is Cc1ccc(Cc2c(C)n(C(C)C)[nH]c2=O)c(F)c1. The van der Waals surface area contributed by atoms with Crippen molar-refractivity contribution in [3.05, 3.63) is 56.8 Å². The van der Waals surface area contributed by atoms with E-state index < -0.39 is 0 Å². The lowest BCUT2D eigenvalue weighted by atomic mass is 10.0. The van der Waals surface area contributed by atoms with Crippen LogP contribution in [-0.4, -0.2) is 9.78 Å². The Bertz CT molecular complexity index is 653. The average Bonchev–Trinajstić information content (AvgIpc) is 2.60. The number of aromatic nitrogens is 2. The smallest absolute Gasteiger partial charge is 0.267 e. The average molecular weight is 262 g/mol. The molecule has 3 nitrogen and oxygen atoms in total. The fourth-order valence-corrected chi connectivity index (χ4v) is 2.28. The number of hydrogen-bond acceptors (Lipinski definition) is 1. The van der Waals surface area contributed by atoms with Gasteiger partial charge in [0.1, 0.15) is 5.82 Å². The highest BCUT2D eigenvalue weighted by molar-refractivity contribution is 5.30. The minimum atomic E-state index is -0.254. The van der Waals surface area contributed by atoms with Crippen LogP contribution >= 0.6 is 0 Å². The van der Waals surface area contributed by atoms with E-state index in [0.717, 1.165) is 11.3 Å². The molecule has 0 saturated carbocycles. The lowest BCUT2D eigenvalue weighted by molar-refractivity contribution is 0.515. The Labute approximate surface area is 112 Å². The molecule has 2 aromatic rings. The van der Waals surface area contributed by atoms with E-state index in [2.05, 4.69) is 5.10 Å². The monoisotopic (exact) mass is 262 g/mol. The Hall–Kier alpha value is -1.84. The van der Waals surface area contributed by atoms with Gasteiger partial charge >= 0.3 is 0 Å². The predicted octanol–water partition coefficient (Wildman–Crippen LogP) is 3.10. The molecule has 0 aliphatic heterocycles. The van der Waals surface area contributed by atoms with Crippen molar-refractivity contribution in [1.29, 1.82) is 0 Å². The third-order valence-corrected chi connectivity index (χ3v) is 3.39. The summed E-state index contributed by atoms with van der Waals surface area (Å²) in [6.45, 7) is 7.73. The standard InChI is InChI=1S/C15H19FN2O/c1-9(2)18-11(4)13(15(19)17-18)8-12-6-5-10(3)7-14(12)16/h5-7,9H,8H2,1-4H3,(H,17,19). The first-order valence-electron chi connectivity index (χ1n) is 6.45. The van der Waals surface area contributed by atoms with Crippen molar-refractivity contribution in [1.82, 2.24) is 9.78 Å². The van der Waals surface area contributed by atoms with Gasteiger partial charge in [-0.25, -0.2) is 4.39 Å². The Morgan fingerprint density at radius 1 is 1.32 bits per heavy atom. The number of nitrogens with one attached hydrogen (secondary N) is 1. The van der Waals surface area contributed by atoms with Gasteiger partial charge in [0.15, 0.2) is 0 Å². The number of aryl methyl sites for hydroxylation is 1. The molecule has 1 heterocycles. The molecule has 0 aliphatic rings. The molecule has 0 fully saturated rings. The van der Waals surface area contributed by atoms with Crippen LogP contribution in [0.3, 0.4) is 0 Å². The summed E-state index contributed by atoms with van der Waals surface area (Å²) in [4.78, 5) is 11.9. The van der Waals surface area contributed by atoms with Crippen molar-refractivity contribution < 1.29 is 4.39 Å². The van der Waals surface area contributed by atoms with Crippen LogP contribution < -0.4 is 5.56 Å². The van der Waals surface area contributed by atoms with Crippen molar-refractivity contribution in [2.24, 2.45) is 0 Å². The minimum Gasteiger partial charge on any atom is -0.287 e. The van der Waals surface area contributed by atoms with Gasteiger partial charge in [-0.15, -0.1) is 0 Å². The molecule has 1 aromatic carbocycles. The van der Waals surface area contributed by atoms with Gasteiger partial charge in [0, 0.05) is 23.7 Å². The predicted molar refractivity (Wildman–Crippen MR) is 74.1 cm³/mol. The Morgan fingerprint density at radius 3 is 2.53 bits per heavy atom. The highest BCUT2D eigenvalue weighted by atomic mass is 19.1. The van der Waals surface area contributed by atoms with Crippen LogP contribution in [0.5, 0.6) is 0 Å². The number of rotatable bonds is 3. The Morgan fingerprint density at radius 2 is 2.00 bits per heavy atom. The molecule has 0 spiro atoms. The Kier molecular flexibility index (Phi) is 3.60. The molecular weight excluding hydrogens is 243 g/mol. The number of nitrogens with zero attached hydrogens (tertiary/aromatic N) is 1. The summed E-state index contributed by atoms with van der Waals surface area (Å²) in [6.07, 6.45) is 0.326. The van der Waals surface area contributed by atoms with Gasteiger partial charge in [0.05, 0.1) is 0 Å². The van der Waals surface area contributed by atoms with E-state index in [9.17, 15) is 9.18 Å². The van der Waals surface area contributed by atoms with Crippen LogP contribution in [0, 0.1) is 19.7 Å². The molecular formula is C15H19FN2O. The van der Waals surface area contributed by atoms with E-state index in [1.54, 1.807) is 6.07 Å². The maximum absolute atomic E-state index is 13.8. The van der Waals surface area contributed by atoms with E-state index in [4.69, 9.17) is 0 Å². The van der Waals surface area contributed by atoms with Gasteiger partial charge in [0.25, 0.3) is 5.56 Å². The van der Waals surface area contributed by atoms with Crippen molar-refractivity contribution >= 4 is 0 Å². The lowest BCUT2D eigenvalue weighted by Gasteiger charge is -2.09. The third kappa shape index (κ3) is 2.62. The van der Waals surface area contributed by atoms with E-state index in [-0.39, 0.29) is 17.4 Å². The van der Waals surface area contributed by atoms with Crippen LogP contribution in [0.2, 0.25) is 0 Å². The molecule has 1 N–H and O–H groups in total. The van der Waals surface area contributed by atoms with Crippen LogP contribution in [0.25, 0.3) is 0 Å². The fourth-order valence-electron chi connectivity index (χ4n) is 2.28. The third-order valence-electron chi connectivity index (χ3n) is 3.39. The molecule has 1 aromatic heterocycles. The second-order valence-corrected chi connectivity index (χ2v) is 5.24. The Balaban J connectivity index is 2.41. The highest BCUT2D eigenvalue weighted by Gasteiger charge is 2.14. The molecule has 0 atom stereocenters. The largest absolute Gasteiger partial charge is 0.287 e. The van der Waals surface area contributed by atoms with E-state index >= 15 is 0 Å². The number of aromatic amines is 1.